The summed E-state index contributed by atoms with van der Waals surface area (Å²) < 4.78 is 12.2. The Kier molecular flexibility index (Phi) is 3.82. The highest BCUT2D eigenvalue weighted by atomic mass is 16.5. The van der Waals surface area contributed by atoms with Gasteiger partial charge in [-0.25, -0.2) is 9.67 Å². The van der Waals surface area contributed by atoms with E-state index in [2.05, 4.69) is 25.3 Å². The van der Waals surface area contributed by atoms with E-state index in [1.54, 1.807) is 30.2 Å². The summed E-state index contributed by atoms with van der Waals surface area (Å²) in [7, 11) is 1.63. The highest BCUT2D eigenvalue weighted by molar-refractivity contribution is 5.85. The second kappa shape index (κ2) is 6.29. The minimum absolute atomic E-state index is 0.128. The van der Waals surface area contributed by atoms with Gasteiger partial charge >= 0.3 is 0 Å². The van der Waals surface area contributed by atoms with Gasteiger partial charge in [0.2, 0.25) is 5.95 Å². The van der Waals surface area contributed by atoms with Crippen molar-refractivity contribution in [3.63, 3.8) is 0 Å². The molecule has 0 atom stereocenters. The van der Waals surface area contributed by atoms with Crippen LogP contribution in [0.25, 0.3) is 22.6 Å². The van der Waals surface area contributed by atoms with Gasteiger partial charge in [-0.3, -0.25) is 4.98 Å². The van der Waals surface area contributed by atoms with Gasteiger partial charge in [-0.05, 0) is 24.3 Å². The SMILES string of the molecule is COCc1cccc(Cn2nnc3c(-c4ccco4)nc(N)nc32)n1. The molecule has 4 rings (SSSR count). The first-order chi connectivity index (χ1) is 12.2. The number of ether oxygens (including phenoxy) is 1. The van der Waals surface area contributed by atoms with Crippen molar-refractivity contribution >= 4 is 17.1 Å². The van der Waals surface area contributed by atoms with E-state index in [-0.39, 0.29) is 5.95 Å². The van der Waals surface area contributed by atoms with Crippen LogP contribution in [-0.4, -0.2) is 37.1 Å². The fourth-order valence-corrected chi connectivity index (χ4v) is 2.56. The minimum atomic E-state index is 0.128. The van der Waals surface area contributed by atoms with Crippen LogP contribution in [-0.2, 0) is 17.9 Å². The highest BCUT2D eigenvalue weighted by Crippen LogP contribution is 2.25. The first-order valence-electron chi connectivity index (χ1n) is 7.59. The van der Waals surface area contributed by atoms with Crippen LogP contribution in [0.5, 0.6) is 0 Å². The van der Waals surface area contributed by atoms with E-state index in [4.69, 9.17) is 14.9 Å². The third-order valence-electron chi connectivity index (χ3n) is 3.60. The zero-order chi connectivity index (χ0) is 17.2. The number of hydrogen-bond donors (Lipinski definition) is 1. The molecule has 4 heterocycles. The van der Waals surface area contributed by atoms with Gasteiger partial charge in [-0.1, -0.05) is 11.3 Å². The summed E-state index contributed by atoms with van der Waals surface area (Å²) in [6, 6.07) is 9.30. The Balaban J connectivity index is 1.75. The zero-order valence-corrected chi connectivity index (χ0v) is 13.5. The molecular weight excluding hydrogens is 322 g/mol. The first-order valence-corrected chi connectivity index (χ1v) is 7.59. The van der Waals surface area contributed by atoms with Gasteiger partial charge in [0.25, 0.3) is 0 Å². The molecule has 0 saturated carbocycles. The zero-order valence-electron chi connectivity index (χ0n) is 13.5. The Morgan fingerprint density at radius 2 is 2.00 bits per heavy atom. The van der Waals surface area contributed by atoms with Crippen molar-refractivity contribution in [3.05, 3.63) is 48.0 Å². The second-order valence-electron chi connectivity index (χ2n) is 5.38. The molecule has 126 valence electrons. The molecule has 0 aromatic carbocycles. The number of anilines is 1. The Bertz CT molecular complexity index is 1010. The van der Waals surface area contributed by atoms with Gasteiger partial charge in [0, 0.05) is 7.11 Å². The van der Waals surface area contributed by atoms with Crippen molar-refractivity contribution in [3.8, 4) is 11.5 Å². The third-order valence-corrected chi connectivity index (χ3v) is 3.60. The molecule has 0 aliphatic rings. The predicted molar refractivity (Wildman–Crippen MR) is 89.3 cm³/mol. The normalized spacial score (nSPS) is 11.2. The van der Waals surface area contributed by atoms with Crippen LogP contribution in [0.15, 0.2) is 41.0 Å². The van der Waals surface area contributed by atoms with Crippen molar-refractivity contribution < 1.29 is 9.15 Å². The minimum Gasteiger partial charge on any atom is -0.463 e. The van der Waals surface area contributed by atoms with Crippen molar-refractivity contribution in [2.24, 2.45) is 0 Å². The lowest BCUT2D eigenvalue weighted by Crippen LogP contribution is -2.07. The Morgan fingerprint density at radius 1 is 1.12 bits per heavy atom. The lowest BCUT2D eigenvalue weighted by atomic mass is 10.3. The van der Waals surface area contributed by atoms with E-state index in [0.717, 1.165) is 11.4 Å². The number of nitrogens with zero attached hydrogens (tertiary/aromatic N) is 6. The number of rotatable bonds is 5. The fourth-order valence-electron chi connectivity index (χ4n) is 2.56. The molecule has 0 aliphatic carbocycles. The molecule has 0 aliphatic heterocycles. The van der Waals surface area contributed by atoms with Crippen LogP contribution in [0.1, 0.15) is 11.4 Å². The monoisotopic (exact) mass is 337 g/mol. The summed E-state index contributed by atoms with van der Waals surface area (Å²) in [6.07, 6.45) is 1.56. The largest absolute Gasteiger partial charge is 0.463 e. The molecule has 0 spiro atoms. The maximum absolute atomic E-state index is 5.85. The number of nitrogen functional groups attached to an aromatic ring is 1. The van der Waals surface area contributed by atoms with E-state index in [1.807, 2.05) is 18.2 Å². The van der Waals surface area contributed by atoms with Gasteiger partial charge in [-0.15, -0.1) is 5.10 Å². The van der Waals surface area contributed by atoms with Gasteiger partial charge in [0.05, 0.1) is 30.8 Å². The summed E-state index contributed by atoms with van der Waals surface area (Å²) in [5.74, 6) is 0.690. The van der Waals surface area contributed by atoms with Crippen LogP contribution >= 0.6 is 0 Å². The molecule has 4 aromatic rings. The maximum atomic E-state index is 5.85. The molecule has 9 nitrogen and oxygen atoms in total. The van der Waals surface area contributed by atoms with E-state index in [0.29, 0.717) is 35.8 Å². The smallest absolute Gasteiger partial charge is 0.222 e. The number of fused-ring (bicyclic) bond motifs is 1. The number of furan rings is 1. The van der Waals surface area contributed by atoms with E-state index < -0.39 is 0 Å². The van der Waals surface area contributed by atoms with Crippen LogP contribution in [0, 0.1) is 0 Å². The van der Waals surface area contributed by atoms with Crippen LogP contribution < -0.4 is 5.73 Å². The maximum Gasteiger partial charge on any atom is 0.222 e. The molecule has 0 bridgehead atoms. The summed E-state index contributed by atoms with van der Waals surface area (Å²) in [6.45, 7) is 0.853. The molecule has 0 saturated heterocycles. The van der Waals surface area contributed by atoms with Gasteiger partial charge < -0.3 is 14.9 Å². The Morgan fingerprint density at radius 3 is 2.80 bits per heavy atom. The highest BCUT2D eigenvalue weighted by Gasteiger charge is 2.17. The molecule has 2 N–H and O–H groups in total. The summed E-state index contributed by atoms with van der Waals surface area (Å²) in [4.78, 5) is 13.0. The van der Waals surface area contributed by atoms with Gasteiger partial charge in [0.15, 0.2) is 16.9 Å². The van der Waals surface area contributed by atoms with Crippen LogP contribution in [0.4, 0.5) is 5.95 Å². The molecule has 25 heavy (non-hydrogen) atoms. The Hall–Kier alpha value is -3.33. The van der Waals surface area contributed by atoms with Crippen LogP contribution in [0.2, 0.25) is 0 Å². The summed E-state index contributed by atoms with van der Waals surface area (Å²) >= 11 is 0. The summed E-state index contributed by atoms with van der Waals surface area (Å²) in [5.41, 5.74) is 9.08. The van der Waals surface area contributed by atoms with E-state index in [9.17, 15) is 0 Å². The molecule has 0 fully saturated rings. The lowest BCUT2D eigenvalue weighted by Gasteiger charge is -2.05. The van der Waals surface area contributed by atoms with Gasteiger partial charge in [0.1, 0.15) is 5.69 Å². The number of aromatic nitrogens is 6. The molecule has 4 aromatic heterocycles. The van der Waals surface area contributed by atoms with E-state index in [1.165, 1.54) is 0 Å². The molecule has 0 radical (unpaired) electrons. The average molecular weight is 337 g/mol. The van der Waals surface area contributed by atoms with Crippen molar-refractivity contribution in [2.75, 3.05) is 12.8 Å². The molecular formula is C16H15N7O2. The average Bonchev–Trinajstić information content (AvgIpc) is 3.26. The standard InChI is InChI=1S/C16H15N7O2/c1-24-9-11-5-2-4-10(18-11)8-23-15-14(21-22-23)13(19-16(17)20-15)12-6-3-7-25-12/h2-7H,8-9H2,1H3,(H2,17,19,20). The van der Waals surface area contributed by atoms with Crippen molar-refractivity contribution in [1.82, 2.24) is 29.9 Å². The van der Waals surface area contributed by atoms with Crippen molar-refractivity contribution in [2.45, 2.75) is 13.2 Å². The summed E-state index contributed by atoms with van der Waals surface area (Å²) in [5, 5.41) is 8.36. The van der Waals surface area contributed by atoms with Crippen molar-refractivity contribution in [1.29, 1.82) is 0 Å². The van der Waals surface area contributed by atoms with Crippen LogP contribution in [0.3, 0.4) is 0 Å². The number of pyridine rings is 1. The number of hydrogen-bond acceptors (Lipinski definition) is 8. The molecule has 9 heteroatoms. The lowest BCUT2D eigenvalue weighted by molar-refractivity contribution is 0.181. The molecule has 0 unspecified atom stereocenters. The van der Waals surface area contributed by atoms with Gasteiger partial charge in [-0.2, -0.15) is 4.98 Å². The topological polar surface area (TPSA) is 118 Å². The predicted octanol–water partition coefficient (Wildman–Crippen LogP) is 1.65. The second-order valence-corrected chi connectivity index (χ2v) is 5.38. The first kappa shape index (κ1) is 15.2. The number of methoxy groups -OCH3 is 1. The fraction of sp³-hybridized carbons (Fsp3) is 0.188. The Labute approximate surface area is 142 Å². The molecule has 0 amide bonds. The van der Waals surface area contributed by atoms with E-state index >= 15 is 0 Å². The third kappa shape index (κ3) is 2.92. The quantitative estimate of drug-likeness (QED) is 0.584. The number of nitrogens with two attached hydrogens (primary N) is 1.